The van der Waals surface area contributed by atoms with Crippen molar-refractivity contribution < 1.29 is 22.4 Å². The fourth-order valence-corrected chi connectivity index (χ4v) is 4.12. The third kappa shape index (κ3) is 4.20. The molecule has 1 heterocycles. The van der Waals surface area contributed by atoms with Crippen molar-refractivity contribution in [2.75, 3.05) is 31.1 Å². The van der Waals surface area contributed by atoms with Crippen molar-refractivity contribution in [1.29, 1.82) is 0 Å². The second-order valence-electron chi connectivity index (χ2n) is 7.47. The maximum absolute atomic E-state index is 13.3. The minimum absolute atomic E-state index is 0.0149. The molecule has 0 bridgehead atoms. The van der Waals surface area contributed by atoms with Crippen molar-refractivity contribution >= 4 is 23.2 Å². The molecule has 4 rings (SSSR count). The van der Waals surface area contributed by atoms with Crippen molar-refractivity contribution in [3.8, 4) is 0 Å². The van der Waals surface area contributed by atoms with Crippen LogP contribution in [0.5, 0.6) is 0 Å². The van der Waals surface area contributed by atoms with Gasteiger partial charge in [0.2, 0.25) is 5.91 Å². The fraction of sp³-hybridized carbons (Fsp3) is 0.381. The second-order valence-corrected chi connectivity index (χ2v) is 7.91. The molecule has 0 radical (unpaired) electrons. The van der Waals surface area contributed by atoms with Gasteiger partial charge in [-0.15, -0.1) is 0 Å². The van der Waals surface area contributed by atoms with E-state index in [1.807, 2.05) is 0 Å². The largest absolute Gasteiger partial charge is 0.418 e. The summed E-state index contributed by atoms with van der Waals surface area (Å²) in [6.45, 7) is 1.33. The van der Waals surface area contributed by atoms with Gasteiger partial charge < -0.3 is 9.80 Å². The number of carbonyl (C=O) groups excluding carboxylic acids is 1. The van der Waals surface area contributed by atoms with Crippen molar-refractivity contribution in [2.45, 2.75) is 18.5 Å². The van der Waals surface area contributed by atoms with Crippen molar-refractivity contribution in [1.82, 2.24) is 4.90 Å². The van der Waals surface area contributed by atoms with Crippen molar-refractivity contribution in [2.24, 2.45) is 5.92 Å². The van der Waals surface area contributed by atoms with Gasteiger partial charge in [0.15, 0.2) is 0 Å². The Kier molecular flexibility index (Phi) is 5.19. The van der Waals surface area contributed by atoms with E-state index in [-0.39, 0.29) is 34.3 Å². The van der Waals surface area contributed by atoms with Gasteiger partial charge in [0.1, 0.15) is 5.82 Å². The number of halogens is 5. The zero-order chi connectivity index (χ0) is 20.8. The van der Waals surface area contributed by atoms with E-state index in [1.165, 1.54) is 24.3 Å². The first-order valence-electron chi connectivity index (χ1n) is 9.40. The van der Waals surface area contributed by atoms with Gasteiger partial charge in [-0.1, -0.05) is 23.7 Å². The lowest BCUT2D eigenvalue weighted by Gasteiger charge is -2.37. The SMILES string of the molecule is O=C(C1C[C@H]1c1ccc(F)cc1)N1CCN(c2cc(Cl)ccc2C(F)(F)F)CC1. The Bertz CT molecular complexity index is 908. The lowest BCUT2D eigenvalue weighted by Crippen LogP contribution is -2.49. The van der Waals surface area contributed by atoms with Crippen LogP contribution < -0.4 is 4.90 Å². The molecule has 2 aromatic rings. The van der Waals surface area contributed by atoms with Gasteiger partial charge in [-0.2, -0.15) is 13.2 Å². The predicted molar refractivity (Wildman–Crippen MR) is 102 cm³/mol. The van der Waals surface area contributed by atoms with Crippen molar-refractivity contribution in [3.05, 3.63) is 64.4 Å². The Morgan fingerprint density at radius 1 is 1.00 bits per heavy atom. The van der Waals surface area contributed by atoms with Crippen LogP contribution >= 0.6 is 11.6 Å². The number of hydrogen-bond donors (Lipinski definition) is 0. The summed E-state index contributed by atoms with van der Waals surface area (Å²) in [6, 6.07) is 9.72. The molecule has 2 atom stereocenters. The number of anilines is 1. The molecule has 2 aliphatic rings. The highest BCUT2D eigenvalue weighted by Crippen LogP contribution is 2.48. The molecule has 0 spiro atoms. The number of rotatable bonds is 3. The van der Waals surface area contributed by atoms with Crippen LogP contribution in [0.4, 0.5) is 23.2 Å². The Morgan fingerprint density at radius 2 is 1.66 bits per heavy atom. The van der Waals surface area contributed by atoms with Gasteiger partial charge in [-0.05, 0) is 48.2 Å². The molecule has 1 aliphatic heterocycles. The highest BCUT2D eigenvalue weighted by molar-refractivity contribution is 6.30. The third-order valence-electron chi connectivity index (χ3n) is 5.60. The molecular weight excluding hydrogens is 408 g/mol. The minimum atomic E-state index is -4.47. The highest BCUT2D eigenvalue weighted by Gasteiger charge is 2.46. The van der Waals surface area contributed by atoms with Gasteiger partial charge in [-0.25, -0.2) is 4.39 Å². The monoisotopic (exact) mass is 426 g/mol. The third-order valence-corrected chi connectivity index (χ3v) is 5.84. The summed E-state index contributed by atoms with van der Waals surface area (Å²) in [7, 11) is 0. The molecule has 1 amide bonds. The van der Waals surface area contributed by atoms with Gasteiger partial charge >= 0.3 is 6.18 Å². The average molecular weight is 427 g/mol. The fourth-order valence-electron chi connectivity index (χ4n) is 3.95. The van der Waals surface area contributed by atoms with E-state index in [1.54, 1.807) is 21.9 Å². The maximum atomic E-state index is 13.3. The predicted octanol–water partition coefficient (Wildman–Crippen LogP) is 4.95. The van der Waals surface area contributed by atoms with E-state index in [2.05, 4.69) is 0 Å². The van der Waals surface area contributed by atoms with Crippen LogP contribution in [-0.2, 0) is 11.0 Å². The summed E-state index contributed by atoms with van der Waals surface area (Å²) in [5, 5.41) is 0.242. The Balaban J connectivity index is 1.40. The number of nitrogens with zero attached hydrogens (tertiary/aromatic N) is 2. The Morgan fingerprint density at radius 3 is 2.28 bits per heavy atom. The molecule has 8 heteroatoms. The zero-order valence-electron chi connectivity index (χ0n) is 15.4. The standard InChI is InChI=1S/C21H19ClF4N2O/c22-14-3-6-18(21(24,25)26)19(11-14)27-7-9-28(10-8-27)20(29)17-12-16(17)13-1-4-15(23)5-2-13/h1-6,11,16-17H,7-10,12H2/t16-,17?/m0/s1. The highest BCUT2D eigenvalue weighted by atomic mass is 35.5. The van der Waals surface area contributed by atoms with Crippen LogP contribution in [0, 0.1) is 11.7 Å². The molecule has 3 nitrogen and oxygen atoms in total. The molecule has 0 aromatic heterocycles. The molecule has 29 heavy (non-hydrogen) atoms. The number of amides is 1. The molecule has 2 fully saturated rings. The topological polar surface area (TPSA) is 23.6 Å². The minimum Gasteiger partial charge on any atom is -0.367 e. The Hall–Kier alpha value is -2.28. The molecule has 1 saturated heterocycles. The maximum Gasteiger partial charge on any atom is 0.418 e. The first-order valence-corrected chi connectivity index (χ1v) is 9.78. The van der Waals surface area contributed by atoms with Crippen LogP contribution in [-0.4, -0.2) is 37.0 Å². The van der Waals surface area contributed by atoms with E-state index in [0.717, 1.165) is 18.1 Å². The zero-order valence-corrected chi connectivity index (χ0v) is 16.2. The molecule has 1 unspecified atom stereocenters. The van der Waals surface area contributed by atoms with Gasteiger partial charge in [0, 0.05) is 37.1 Å². The second kappa shape index (κ2) is 7.52. The summed E-state index contributed by atoms with van der Waals surface area (Å²) >= 11 is 5.92. The van der Waals surface area contributed by atoms with Crippen molar-refractivity contribution in [3.63, 3.8) is 0 Å². The van der Waals surface area contributed by atoms with E-state index < -0.39 is 11.7 Å². The van der Waals surface area contributed by atoms with Crippen LogP contribution in [0.1, 0.15) is 23.5 Å². The van der Waals surface area contributed by atoms with E-state index in [0.29, 0.717) is 26.2 Å². The van der Waals surface area contributed by atoms with Crippen LogP contribution in [0.2, 0.25) is 5.02 Å². The molecule has 0 N–H and O–H groups in total. The lowest BCUT2D eigenvalue weighted by atomic mass is 10.1. The summed E-state index contributed by atoms with van der Waals surface area (Å²) in [5.74, 6) is -0.344. The van der Waals surface area contributed by atoms with E-state index in [4.69, 9.17) is 11.6 Å². The smallest absolute Gasteiger partial charge is 0.367 e. The summed E-state index contributed by atoms with van der Waals surface area (Å²) in [5.41, 5.74) is 0.269. The molecule has 2 aromatic carbocycles. The van der Waals surface area contributed by atoms with Crippen LogP contribution in [0.25, 0.3) is 0 Å². The first kappa shape index (κ1) is 20.0. The Labute approximate surface area is 170 Å². The van der Waals surface area contributed by atoms with Gasteiger partial charge in [0.25, 0.3) is 0 Å². The number of benzene rings is 2. The van der Waals surface area contributed by atoms with E-state index >= 15 is 0 Å². The average Bonchev–Trinajstić information content (AvgIpc) is 3.48. The van der Waals surface area contributed by atoms with Crippen LogP contribution in [0.3, 0.4) is 0 Å². The molecule has 1 aliphatic carbocycles. The quantitative estimate of drug-likeness (QED) is 0.648. The lowest BCUT2D eigenvalue weighted by molar-refractivity contribution is -0.137. The van der Waals surface area contributed by atoms with Gasteiger partial charge in [0.05, 0.1) is 11.3 Å². The number of carbonyl (C=O) groups is 1. The molecular formula is C21H19ClF4N2O. The van der Waals surface area contributed by atoms with Gasteiger partial charge in [-0.3, -0.25) is 4.79 Å². The number of alkyl halides is 3. The molecule has 154 valence electrons. The van der Waals surface area contributed by atoms with Crippen LogP contribution in [0.15, 0.2) is 42.5 Å². The molecule has 1 saturated carbocycles. The first-order chi connectivity index (χ1) is 13.7. The number of hydrogen-bond acceptors (Lipinski definition) is 2. The number of piperazine rings is 1. The van der Waals surface area contributed by atoms with E-state index in [9.17, 15) is 22.4 Å². The normalized spacial score (nSPS) is 22.0. The summed E-state index contributed by atoms with van der Waals surface area (Å²) in [4.78, 5) is 16.1. The summed E-state index contributed by atoms with van der Waals surface area (Å²) < 4.78 is 53.0. The summed E-state index contributed by atoms with van der Waals surface area (Å²) in [6.07, 6.45) is -3.75.